The van der Waals surface area contributed by atoms with E-state index in [-0.39, 0.29) is 11.7 Å². The van der Waals surface area contributed by atoms with Crippen molar-refractivity contribution in [3.63, 3.8) is 0 Å². The molecule has 0 heterocycles. The van der Waals surface area contributed by atoms with Crippen molar-refractivity contribution < 1.29 is 19.1 Å². The Morgan fingerprint density at radius 3 is 2.44 bits per heavy atom. The summed E-state index contributed by atoms with van der Waals surface area (Å²) in [6.07, 6.45) is 0. The van der Waals surface area contributed by atoms with Crippen LogP contribution in [0.2, 0.25) is 0 Å². The number of ketones is 1. The van der Waals surface area contributed by atoms with Crippen LogP contribution in [0.4, 0.5) is 0 Å². The Morgan fingerprint density at radius 2 is 1.76 bits per heavy atom. The van der Waals surface area contributed by atoms with Gasteiger partial charge in [-0.05, 0) is 36.8 Å². The van der Waals surface area contributed by atoms with Gasteiger partial charge in [0.2, 0.25) is 0 Å². The fraction of sp³-hybridized carbons (Fsp3) is 0.263. The van der Waals surface area contributed by atoms with E-state index in [0.29, 0.717) is 29.4 Å². The van der Waals surface area contributed by atoms with E-state index in [0.717, 1.165) is 10.5 Å². The van der Waals surface area contributed by atoms with E-state index in [4.69, 9.17) is 9.47 Å². The molecule has 0 aliphatic heterocycles. The highest BCUT2D eigenvalue weighted by atomic mass is 32.2. The zero-order valence-corrected chi connectivity index (χ0v) is 15.3. The molecule has 0 fully saturated rings. The number of carbonyl (C=O) groups is 2. The number of benzene rings is 2. The minimum atomic E-state index is -0.179. The van der Waals surface area contributed by atoms with Crippen LogP contribution >= 0.6 is 11.8 Å². The van der Waals surface area contributed by atoms with E-state index in [9.17, 15) is 9.59 Å². The number of methoxy groups -OCH3 is 2. The van der Waals surface area contributed by atoms with Gasteiger partial charge < -0.3 is 14.8 Å². The summed E-state index contributed by atoms with van der Waals surface area (Å²) in [4.78, 5) is 24.5. The molecule has 1 N–H and O–H groups in total. The lowest BCUT2D eigenvalue weighted by atomic mass is 10.1. The predicted octanol–water partition coefficient (Wildman–Crippen LogP) is 3.31. The van der Waals surface area contributed by atoms with Crippen molar-refractivity contribution >= 4 is 23.5 Å². The van der Waals surface area contributed by atoms with Gasteiger partial charge in [-0.3, -0.25) is 9.59 Å². The molecule has 6 heteroatoms. The first kappa shape index (κ1) is 18.9. The van der Waals surface area contributed by atoms with Crippen LogP contribution in [0, 0.1) is 0 Å². The van der Waals surface area contributed by atoms with Crippen molar-refractivity contribution in [2.75, 3.05) is 20.0 Å². The lowest BCUT2D eigenvalue weighted by molar-refractivity contribution is -0.114. The molecule has 0 saturated heterocycles. The minimum absolute atomic E-state index is 0.0746. The molecule has 2 rings (SSSR count). The smallest absolute Gasteiger partial charge is 0.252 e. The summed E-state index contributed by atoms with van der Waals surface area (Å²) in [7, 11) is 3.15. The number of carbonyl (C=O) groups excluding carboxylic acids is 2. The molecule has 0 radical (unpaired) electrons. The summed E-state index contributed by atoms with van der Waals surface area (Å²) in [6, 6.07) is 12.8. The first-order valence-corrected chi connectivity index (χ1v) is 8.74. The average molecular weight is 359 g/mol. The van der Waals surface area contributed by atoms with Crippen molar-refractivity contribution in [2.24, 2.45) is 0 Å². The Hall–Kier alpha value is -2.47. The Labute approximate surface area is 151 Å². The predicted molar refractivity (Wildman–Crippen MR) is 98.6 cm³/mol. The van der Waals surface area contributed by atoms with Crippen molar-refractivity contribution in [3.8, 4) is 11.5 Å². The van der Waals surface area contributed by atoms with Crippen LogP contribution < -0.4 is 14.8 Å². The molecule has 0 unspecified atom stereocenters. The summed E-state index contributed by atoms with van der Waals surface area (Å²) in [5.41, 5.74) is 1.47. The third kappa shape index (κ3) is 5.26. The van der Waals surface area contributed by atoms with E-state index < -0.39 is 0 Å². The normalized spacial score (nSPS) is 10.2. The summed E-state index contributed by atoms with van der Waals surface area (Å²) < 4.78 is 10.5. The fourth-order valence-electron chi connectivity index (χ4n) is 2.23. The molecule has 0 saturated carbocycles. The quantitative estimate of drug-likeness (QED) is 0.733. The molecule has 0 spiro atoms. The van der Waals surface area contributed by atoms with Gasteiger partial charge in [-0.15, -0.1) is 11.8 Å². The molecule has 2 aromatic carbocycles. The van der Waals surface area contributed by atoms with Crippen LogP contribution in [0.25, 0.3) is 0 Å². The van der Waals surface area contributed by atoms with Gasteiger partial charge >= 0.3 is 0 Å². The monoisotopic (exact) mass is 359 g/mol. The van der Waals surface area contributed by atoms with Crippen molar-refractivity contribution in [1.82, 2.24) is 5.32 Å². The maximum Gasteiger partial charge on any atom is 0.252 e. The molecular weight excluding hydrogens is 338 g/mol. The largest absolute Gasteiger partial charge is 0.493 e. The van der Waals surface area contributed by atoms with Crippen LogP contribution in [0.1, 0.15) is 22.8 Å². The van der Waals surface area contributed by atoms with Gasteiger partial charge in [-0.25, -0.2) is 0 Å². The Kier molecular flexibility index (Phi) is 6.89. The lowest BCUT2D eigenvalue weighted by Crippen LogP contribution is -2.23. The number of nitrogens with one attached hydrogen (secondary N) is 1. The molecule has 0 aliphatic rings. The summed E-state index contributed by atoms with van der Waals surface area (Å²) >= 11 is 1.37. The van der Waals surface area contributed by atoms with Crippen LogP contribution in [0.3, 0.4) is 0 Å². The van der Waals surface area contributed by atoms with Crippen LogP contribution in [-0.2, 0) is 11.3 Å². The van der Waals surface area contributed by atoms with Crippen molar-refractivity contribution in [1.29, 1.82) is 0 Å². The number of hydrogen-bond acceptors (Lipinski definition) is 5. The number of hydrogen-bond donors (Lipinski definition) is 1. The highest BCUT2D eigenvalue weighted by molar-refractivity contribution is 8.00. The number of ether oxygens (including phenoxy) is 2. The van der Waals surface area contributed by atoms with Gasteiger partial charge in [0, 0.05) is 11.4 Å². The summed E-state index contributed by atoms with van der Waals surface area (Å²) in [5, 5.41) is 2.90. The minimum Gasteiger partial charge on any atom is -0.493 e. The molecule has 1 amide bonds. The second kappa shape index (κ2) is 9.13. The molecule has 25 heavy (non-hydrogen) atoms. The van der Waals surface area contributed by atoms with Gasteiger partial charge in [-0.1, -0.05) is 18.2 Å². The molecule has 0 aliphatic carbocycles. The van der Waals surface area contributed by atoms with E-state index in [1.165, 1.54) is 18.7 Å². The highest BCUT2D eigenvalue weighted by Gasteiger charge is 2.12. The van der Waals surface area contributed by atoms with Crippen molar-refractivity contribution in [2.45, 2.75) is 18.4 Å². The van der Waals surface area contributed by atoms with Gasteiger partial charge in [0.05, 0.1) is 25.5 Å². The SMILES string of the molecule is COc1ccc(CNC(=O)c2ccccc2SCC(C)=O)cc1OC. The van der Waals surface area contributed by atoms with E-state index >= 15 is 0 Å². The maximum absolute atomic E-state index is 12.5. The Bertz CT molecular complexity index is 761. The number of thioether (sulfide) groups is 1. The topological polar surface area (TPSA) is 64.6 Å². The highest BCUT2D eigenvalue weighted by Crippen LogP contribution is 2.27. The maximum atomic E-state index is 12.5. The Morgan fingerprint density at radius 1 is 1.04 bits per heavy atom. The van der Waals surface area contributed by atoms with E-state index in [1.807, 2.05) is 30.3 Å². The van der Waals surface area contributed by atoms with E-state index in [2.05, 4.69) is 5.32 Å². The zero-order chi connectivity index (χ0) is 18.2. The molecule has 0 aromatic heterocycles. The molecule has 0 bridgehead atoms. The molecule has 2 aromatic rings. The van der Waals surface area contributed by atoms with Crippen molar-refractivity contribution in [3.05, 3.63) is 53.6 Å². The second-order valence-electron chi connectivity index (χ2n) is 5.36. The molecule has 0 atom stereocenters. The summed E-state index contributed by atoms with van der Waals surface area (Å²) in [6.45, 7) is 1.90. The first-order valence-electron chi connectivity index (χ1n) is 7.75. The standard InChI is InChI=1S/C19H21NO4S/c1-13(21)12-25-18-7-5-4-6-15(18)19(22)20-11-14-8-9-16(23-2)17(10-14)24-3/h4-10H,11-12H2,1-3H3,(H,20,22). The molecular formula is C19H21NO4S. The van der Waals surface area contributed by atoms with Crippen LogP contribution in [0.5, 0.6) is 11.5 Å². The molecule has 5 nitrogen and oxygen atoms in total. The number of rotatable bonds is 8. The first-order chi connectivity index (χ1) is 12.0. The van der Waals surface area contributed by atoms with E-state index in [1.54, 1.807) is 26.4 Å². The summed E-state index contributed by atoms with van der Waals surface area (Å²) in [5.74, 6) is 1.50. The van der Waals surface area contributed by atoms with Crippen LogP contribution in [-0.4, -0.2) is 31.7 Å². The number of amides is 1. The Balaban J connectivity index is 2.07. The molecule has 132 valence electrons. The lowest BCUT2D eigenvalue weighted by Gasteiger charge is -2.12. The third-order valence-electron chi connectivity index (χ3n) is 3.46. The number of Topliss-reactive ketones (excluding diaryl/α,β-unsaturated/α-hetero) is 1. The third-order valence-corrected chi connectivity index (χ3v) is 4.68. The van der Waals surface area contributed by atoms with Gasteiger partial charge in [-0.2, -0.15) is 0 Å². The van der Waals surface area contributed by atoms with Gasteiger partial charge in [0.25, 0.3) is 5.91 Å². The zero-order valence-electron chi connectivity index (χ0n) is 14.5. The van der Waals surface area contributed by atoms with Crippen LogP contribution in [0.15, 0.2) is 47.4 Å². The average Bonchev–Trinajstić information content (AvgIpc) is 2.64. The second-order valence-corrected chi connectivity index (χ2v) is 6.38. The van der Waals surface area contributed by atoms with Gasteiger partial charge in [0.1, 0.15) is 5.78 Å². The van der Waals surface area contributed by atoms with Gasteiger partial charge in [0.15, 0.2) is 11.5 Å². The fourth-order valence-corrected chi connectivity index (χ4v) is 3.08.